The molecule has 0 saturated heterocycles. The van der Waals surface area contributed by atoms with Crippen LogP contribution in [0.5, 0.6) is 0 Å². The molecular formula is C16H25N3O. The third-order valence-corrected chi connectivity index (χ3v) is 3.93. The number of carbonyl (C=O) groups excluding carboxylic acids is 1. The van der Waals surface area contributed by atoms with Crippen LogP contribution < -0.4 is 10.6 Å². The summed E-state index contributed by atoms with van der Waals surface area (Å²) >= 11 is 0. The molecule has 0 radical (unpaired) electrons. The van der Waals surface area contributed by atoms with Crippen LogP contribution in [0, 0.1) is 5.92 Å². The molecular weight excluding hydrogens is 250 g/mol. The maximum absolute atomic E-state index is 12.3. The van der Waals surface area contributed by atoms with Crippen molar-refractivity contribution >= 4 is 11.7 Å². The summed E-state index contributed by atoms with van der Waals surface area (Å²) in [4.78, 5) is 16.5. The molecule has 4 nitrogen and oxygen atoms in total. The van der Waals surface area contributed by atoms with Crippen LogP contribution in [-0.2, 0) is 0 Å². The molecule has 0 spiro atoms. The van der Waals surface area contributed by atoms with Crippen LogP contribution in [0.2, 0.25) is 0 Å². The van der Waals surface area contributed by atoms with Gasteiger partial charge in [0.2, 0.25) is 0 Å². The van der Waals surface area contributed by atoms with Crippen molar-refractivity contribution < 1.29 is 4.79 Å². The molecule has 4 heteroatoms. The van der Waals surface area contributed by atoms with Gasteiger partial charge >= 0.3 is 0 Å². The van der Waals surface area contributed by atoms with Crippen LogP contribution in [0.4, 0.5) is 5.82 Å². The van der Waals surface area contributed by atoms with E-state index >= 15 is 0 Å². The van der Waals surface area contributed by atoms with Crippen molar-refractivity contribution in [2.45, 2.75) is 52.0 Å². The van der Waals surface area contributed by atoms with Gasteiger partial charge in [0.25, 0.3) is 5.91 Å². The van der Waals surface area contributed by atoms with E-state index in [1.807, 2.05) is 6.07 Å². The molecule has 0 aromatic carbocycles. The lowest BCUT2D eigenvalue weighted by Crippen LogP contribution is -2.37. The fraction of sp³-hybridized carbons (Fsp3) is 0.625. The van der Waals surface area contributed by atoms with Crippen molar-refractivity contribution in [2.24, 2.45) is 5.92 Å². The van der Waals surface area contributed by atoms with Gasteiger partial charge in [0.05, 0.1) is 0 Å². The Kier molecular flexibility index (Phi) is 5.39. The zero-order valence-electron chi connectivity index (χ0n) is 12.5. The first-order valence-electron chi connectivity index (χ1n) is 7.69. The molecule has 1 aliphatic rings. The smallest absolute Gasteiger partial charge is 0.251 e. The number of anilines is 1. The summed E-state index contributed by atoms with van der Waals surface area (Å²) in [6.07, 6.45) is 7.35. The van der Waals surface area contributed by atoms with Crippen molar-refractivity contribution in [1.29, 1.82) is 0 Å². The van der Waals surface area contributed by atoms with Gasteiger partial charge in [-0.05, 0) is 50.2 Å². The second-order valence-corrected chi connectivity index (χ2v) is 5.79. The summed E-state index contributed by atoms with van der Waals surface area (Å²) in [6.45, 7) is 5.26. The third-order valence-electron chi connectivity index (χ3n) is 3.93. The van der Waals surface area contributed by atoms with Gasteiger partial charge in [-0.3, -0.25) is 4.79 Å². The maximum Gasteiger partial charge on any atom is 0.251 e. The van der Waals surface area contributed by atoms with Crippen LogP contribution in [0.3, 0.4) is 0 Å². The van der Waals surface area contributed by atoms with Gasteiger partial charge in [-0.1, -0.05) is 13.8 Å². The average molecular weight is 275 g/mol. The first-order chi connectivity index (χ1) is 9.69. The molecule has 0 unspecified atom stereocenters. The summed E-state index contributed by atoms with van der Waals surface area (Å²) in [5, 5.41) is 6.35. The number of nitrogens with one attached hydrogen (secondary N) is 2. The first-order valence-corrected chi connectivity index (χ1v) is 7.69. The van der Waals surface area contributed by atoms with Crippen LogP contribution >= 0.6 is 0 Å². The highest BCUT2D eigenvalue weighted by Crippen LogP contribution is 2.23. The van der Waals surface area contributed by atoms with E-state index in [-0.39, 0.29) is 5.91 Å². The summed E-state index contributed by atoms with van der Waals surface area (Å²) in [7, 11) is 0. The predicted molar refractivity (Wildman–Crippen MR) is 81.9 cm³/mol. The zero-order chi connectivity index (χ0) is 14.4. The summed E-state index contributed by atoms with van der Waals surface area (Å²) in [6, 6.07) is 3.94. The molecule has 20 heavy (non-hydrogen) atoms. The first kappa shape index (κ1) is 14.8. The highest BCUT2D eigenvalue weighted by Gasteiger charge is 2.20. The van der Waals surface area contributed by atoms with Crippen molar-refractivity contribution in [2.75, 3.05) is 11.9 Å². The van der Waals surface area contributed by atoms with Gasteiger partial charge < -0.3 is 10.6 Å². The Balaban J connectivity index is 1.91. The highest BCUT2D eigenvalue weighted by molar-refractivity contribution is 5.94. The van der Waals surface area contributed by atoms with E-state index in [0.717, 1.165) is 37.5 Å². The van der Waals surface area contributed by atoms with Crippen LogP contribution in [0.1, 0.15) is 56.3 Å². The molecule has 2 rings (SSSR count). The van der Waals surface area contributed by atoms with Crippen LogP contribution in [0.15, 0.2) is 18.3 Å². The van der Waals surface area contributed by atoms with E-state index in [1.54, 1.807) is 12.3 Å². The largest absolute Gasteiger partial charge is 0.370 e. The Bertz CT molecular complexity index is 439. The van der Waals surface area contributed by atoms with E-state index < -0.39 is 0 Å². The Hall–Kier alpha value is -1.58. The number of carbonyl (C=O) groups is 1. The fourth-order valence-electron chi connectivity index (χ4n) is 2.59. The molecule has 2 N–H and O–H groups in total. The molecule has 0 atom stereocenters. The Labute approximate surface area is 121 Å². The third kappa shape index (κ3) is 4.22. The van der Waals surface area contributed by atoms with Gasteiger partial charge in [-0.25, -0.2) is 4.98 Å². The fourth-order valence-corrected chi connectivity index (χ4v) is 2.59. The van der Waals surface area contributed by atoms with Gasteiger partial charge in [0, 0.05) is 24.3 Å². The molecule has 1 heterocycles. The van der Waals surface area contributed by atoms with E-state index in [0.29, 0.717) is 11.6 Å². The molecule has 1 saturated carbocycles. The highest BCUT2D eigenvalue weighted by atomic mass is 16.1. The lowest BCUT2D eigenvalue weighted by atomic mass is 9.87. The van der Waals surface area contributed by atoms with Gasteiger partial charge in [-0.15, -0.1) is 0 Å². The lowest BCUT2D eigenvalue weighted by molar-refractivity contribution is 0.0923. The SMILES string of the molecule is CCCNc1cc(C(=O)NC2CCC(C)CC2)ccn1. The van der Waals surface area contributed by atoms with Crippen molar-refractivity contribution in [1.82, 2.24) is 10.3 Å². The molecule has 1 aliphatic carbocycles. The molecule has 1 amide bonds. The zero-order valence-corrected chi connectivity index (χ0v) is 12.5. The van der Waals surface area contributed by atoms with E-state index in [1.165, 1.54) is 12.8 Å². The van der Waals surface area contributed by atoms with E-state index in [9.17, 15) is 4.79 Å². The minimum absolute atomic E-state index is 0.0199. The van der Waals surface area contributed by atoms with E-state index in [4.69, 9.17) is 0 Å². The monoisotopic (exact) mass is 275 g/mol. The number of rotatable bonds is 5. The van der Waals surface area contributed by atoms with Gasteiger partial charge in [0.15, 0.2) is 0 Å². The average Bonchev–Trinajstić information content (AvgIpc) is 2.48. The number of nitrogens with zero attached hydrogens (tertiary/aromatic N) is 1. The van der Waals surface area contributed by atoms with Crippen molar-refractivity contribution in [3.8, 4) is 0 Å². The number of aromatic nitrogens is 1. The molecule has 110 valence electrons. The minimum Gasteiger partial charge on any atom is -0.370 e. The van der Waals surface area contributed by atoms with Crippen LogP contribution in [0.25, 0.3) is 0 Å². The number of hydrogen-bond donors (Lipinski definition) is 2. The summed E-state index contributed by atoms with van der Waals surface area (Å²) in [5.41, 5.74) is 0.692. The number of pyridine rings is 1. The Morgan fingerprint density at radius 3 is 2.80 bits per heavy atom. The standard InChI is InChI=1S/C16H25N3O/c1-3-9-17-15-11-13(8-10-18-15)16(20)19-14-6-4-12(2)5-7-14/h8,10-12,14H,3-7,9H2,1-2H3,(H,17,18)(H,19,20). The van der Waals surface area contributed by atoms with Gasteiger partial charge in [-0.2, -0.15) is 0 Å². The lowest BCUT2D eigenvalue weighted by Gasteiger charge is -2.26. The molecule has 1 aromatic rings. The molecule has 1 fully saturated rings. The Morgan fingerprint density at radius 1 is 1.35 bits per heavy atom. The second-order valence-electron chi connectivity index (χ2n) is 5.79. The normalized spacial score (nSPS) is 22.3. The summed E-state index contributed by atoms with van der Waals surface area (Å²) < 4.78 is 0. The van der Waals surface area contributed by atoms with E-state index in [2.05, 4.69) is 29.5 Å². The Morgan fingerprint density at radius 2 is 2.10 bits per heavy atom. The minimum atomic E-state index is 0.0199. The van der Waals surface area contributed by atoms with Crippen LogP contribution in [-0.4, -0.2) is 23.5 Å². The number of amides is 1. The van der Waals surface area contributed by atoms with Crippen molar-refractivity contribution in [3.05, 3.63) is 23.9 Å². The van der Waals surface area contributed by atoms with Crippen molar-refractivity contribution in [3.63, 3.8) is 0 Å². The maximum atomic E-state index is 12.3. The topological polar surface area (TPSA) is 54.0 Å². The van der Waals surface area contributed by atoms with Gasteiger partial charge in [0.1, 0.15) is 5.82 Å². The predicted octanol–water partition coefficient (Wildman–Crippen LogP) is 3.21. The quantitative estimate of drug-likeness (QED) is 0.867. The number of hydrogen-bond acceptors (Lipinski definition) is 3. The molecule has 0 bridgehead atoms. The second kappa shape index (κ2) is 7.27. The summed E-state index contributed by atoms with van der Waals surface area (Å²) in [5.74, 6) is 1.59. The molecule has 0 aliphatic heterocycles. The molecule has 1 aromatic heterocycles.